The Morgan fingerprint density at radius 3 is 0.520 bits per heavy atom. The second-order valence-electron chi connectivity index (χ2n) is 23.2. The van der Waals surface area contributed by atoms with Gasteiger partial charge in [0.15, 0.2) is 0 Å². The van der Waals surface area contributed by atoms with Gasteiger partial charge < -0.3 is 37.9 Å². The van der Waals surface area contributed by atoms with Crippen LogP contribution in [0.25, 0.3) is 0 Å². The Morgan fingerprint density at radius 1 is 0.260 bits per heavy atom. The predicted octanol–water partition coefficient (Wildman–Crippen LogP) is 13.0. The molecular formula is C72H60N4O24. The van der Waals surface area contributed by atoms with Crippen molar-refractivity contribution in [3.05, 3.63) is 251 Å². The first-order valence-electron chi connectivity index (χ1n) is 30.3. The third-order valence-corrected chi connectivity index (χ3v) is 16.2. The number of carbonyl (C=O) groups is 8. The summed E-state index contributed by atoms with van der Waals surface area (Å²) in [4.78, 5) is 161. The molecule has 0 aliphatic heterocycles. The Balaban J connectivity index is 1.77. The molecule has 0 spiro atoms. The van der Waals surface area contributed by atoms with Gasteiger partial charge in [-0.15, -0.1) is 0 Å². The molecule has 100 heavy (non-hydrogen) atoms. The number of ether oxygens (including phenoxy) is 8. The van der Waals surface area contributed by atoms with E-state index < -0.39 is 160 Å². The summed E-state index contributed by atoms with van der Waals surface area (Å²) in [6, 6.07) is 25.1. The van der Waals surface area contributed by atoms with Gasteiger partial charge in [-0.1, -0.05) is 48.5 Å². The summed E-state index contributed by atoms with van der Waals surface area (Å²) in [5.74, 6) is -18.8. The van der Waals surface area contributed by atoms with Crippen molar-refractivity contribution in [2.75, 3.05) is 0 Å². The molecule has 8 aromatic rings. The molecule has 0 amide bonds. The van der Waals surface area contributed by atoms with Crippen molar-refractivity contribution in [3.63, 3.8) is 0 Å². The average Bonchev–Trinajstić information content (AvgIpc) is 0.722. The molecule has 0 unspecified atom stereocenters. The quantitative estimate of drug-likeness (QED) is 0.0375. The Bertz CT molecular complexity index is 4110. The van der Waals surface area contributed by atoms with Gasteiger partial charge in [-0.2, -0.15) is 0 Å². The molecule has 0 atom stereocenters. The van der Waals surface area contributed by atoms with Crippen LogP contribution in [0.1, 0.15) is 168 Å². The van der Waals surface area contributed by atoms with Crippen LogP contribution in [-0.2, 0) is 38.4 Å². The van der Waals surface area contributed by atoms with Crippen LogP contribution in [-0.4, -0.2) is 67.4 Å². The number of esters is 8. The molecule has 0 heterocycles. The fourth-order valence-electron chi connectivity index (χ4n) is 12.7. The minimum Gasteiger partial charge on any atom is -0.426 e. The van der Waals surface area contributed by atoms with Crippen LogP contribution < -0.4 is 37.9 Å². The van der Waals surface area contributed by atoms with Crippen molar-refractivity contribution in [1.29, 1.82) is 0 Å². The van der Waals surface area contributed by atoms with Gasteiger partial charge in [0.1, 0.15) is 46.0 Å². The number of benzene rings is 8. The summed E-state index contributed by atoms with van der Waals surface area (Å²) in [5, 5.41) is 52.4. The van der Waals surface area contributed by atoms with E-state index in [4.69, 9.17) is 37.9 Å². The first-order chi connectivity index (χ1) is 47.2. The van der Waals surface area contributed by atoms with Crippen LogP contribution in [0.15, 0.2) is 121 Å². The van der Waals surface area contributed by atoms with Crippen LogP contribution in [0.4, 0.5) is 22.7 Å². The minimum atomic E-state index is -1.76. The van der Waals surface area contributed by atoms with Gasteiger partial charge in [0.05, 0.1) is 19.7 Å². The monoisotopic (exact) mass is 1360 g/mol. The van der Waals surface area contributed by atoms with E-state index in [1.807, 2.05) is 0 Å². The number of fused-ring (bicyclic) bond motifs is 8. The highest BCUT2D eigenvalue weighted by atomic mass is 16.6. The largest absolute Gasteiger partial charge is 0.426 e. The van der Waals surface area contributed by atoms with Gasteiger partial charge in [-0.05, 0) is 74.2 Å². The maximum absolute atomic E-state index is 13.9. The van der Waals surface area contributed by atoms with Gasteiger partial charge in [0.25, 0.3) is 22.7 Å². The summed E-state index contributed by atoms with van der Waals surface area (Å²) < 4.78 is 49.6. The van der Waals surface area contributed by atoms with Gasteiger partial charge >= 0.3 is 47.8 Å². The second kappa shape index (κ2) is 28.8. The Hall–Kier alpha value is -12.9. The molecule has 8 bridgehead atoms. The fourth-order valence-corrected chi connectivity index (χ4v) is 12.7. The lowest BCUT2D eigenvalue weighted by Gasteiger charge is -2.33. The summed E-state index contributed by atoms with van der Waals surface area (Å²) in [6.07, 6.45) is 0. The van der Waals surface area contributed by atoms with Crippen molar-refractivity contribution in [2.24, 2.45) is 0 Å². The first-order valence-corrected chi connectivity index (χ1v) is 30.3. The molecule has 1 aliphatic carbocycles. The summed E-state index contributed by atoms with van der Waals surface area (Å²) in [5.41, 5.74) is -5.26. The Labute approximate surface area is 567 Å². The lowest BCUT2D eigenvalue weighted by Crippen LogP contribution is -2.21. The molecule has 0 fully saturated rings. The van der Waals surface area contributed by atoms with Gasteiger partial charge in [-0.3, -0.25) is 78.8 Å². The van der Waals surface area contributed by atoms with Crippen LogP contribution in [0, 0.1) is 68.2 Å². The third-order valence-electron chi connectivity index (χ3n) is 16.2. The zero-order valence-corrected chi connectivity index (χ0v) is 55.4. The standard InChI is InChI=1S/C72H60N4O24/c1-33-65(93-37(5)77)53-29-54(66(33)94-38(6)78)62(46-18-14-22-50(26-46)74(87)88)56-31-58(70(98-42(10)82)35(3)68(56)96-40(8)80)64(48-20-16-24-52(28-48)76(91)92)60-32-59(71(99-43(11)83)36(4)72(60)100-44(12)84)63(47-19-15-23-51(27-47)75(89)90)57-30-55(61(53)45-17-13-21-49(25-45)73(85)86)67(95-39(7)79)34(2)69(57)97-41(9)81/h13-32,61-64H,1-12H3. The molecule has 0 radical (unpaired) electrons. The van der Waals surface area contributed by atoms with Gasteiger partial charge in [-0.25, -0.2) is 0 Å². The highest BCUT2D eigenvalue weighted by Gasteiger charge is 2.42. The molecule has 0 N–H and O–H groups in total. The molecule has 8 aromatic carbocycles. The van der Waals surface area contributed by atoms with E-state index in [0.717, 1.165) is 104 Å². The normalized spacial score (nSPS) is 14.4. The number of hydrogen-bond acceptors (Lipinski definition) is 24. The number of non-ortho nitro benzene ring substituents is 4. The smallest absolute Gasteiger partial charge is 0.308 e. The van der Waals surface area contributed by atoms with E-state index in [-0.39, 0.29) is 89.0 Å². The van der Waals surface area contributed by atoms with Crippen LogP contribution in [0.2, 0.25) is 0 Å². The average molecular weight is 1370 g/mol. The lowest BCUT2D eigenvalue weighted by atomic mass is 9.73. The number of nitrogens with zero attached hydrogens (tertiary/aromatic N) is 4. The van der Waals surface area contributed by atoms with E-state index in [0.29, 0.717) is 0 Å². The topological polar surface area (TPSA) is 383 Å². The van der Waals surface area contributed by atoms with E-state index in [1.165, 1.54) is 100 Å². The second-order valence-corrected chi connectivity index (χ2v) is 23.2. The minimum absolute atomic E-state index is 0.0826. The summed E-state index contributed by atoms with van der Waals surface area (Å²) in [6.45, 7) is 13.5. The van der Waals surface area contributed by atoms with Crippen molar-refractivity contribution in [1.82, 2.24) is 0 Å². The van der Waals surface area contributed by atoms with Crippen molar-refractivity contribution in [2.45, 2.75) is 107 Å². The molecule has 28 nitrogen and oxygen atoms in total. The number of hydrogen-bond donors (Lipinski definition) is 0. The highest BCUT2D eigenvalue weighted by molar-refractivity contribution is 5.83. The van der Waals surface area contributed by atoms with Gasteiger partial charge in [0, 0.05) is 194 Å². The summed E-state index contributed by atoms with van der Waals surface area (Å²) >= 11 is 0. The fraction of sp³-hybridized carbons (Fsp3) is 0.222. The Morgan fingerprint density at radius 2 is 0.400 bits per heavy atom. The first kappa shape index (κ1) is 71.4. The molecular weight excluding hydrogens is 1300 g/mol. The van der Waals surface area contributed by atoms with Crippen LogP contribution >= 0.6 is 0 Å². The SMILES string of the molecule is CC(=O)Oc1c2cc(c(OC(C)=O)c1C)C(c1cccc([N+](=O)[O-])c1)c1cc(c(OC(C)=O)c(C)c1OC(C)=O)C(c1cccc([N+](=O)[O-])c1)c1cc(c(OC(C)=O)c(C)c1OC(C)=O)C(c1cccc([N+](=O)[O-])c1)c1cc(c(OC(C)=O)c(C)c1OC(C)=O)C2c1cccc([N+](=O)[O-])c1. The van der Waals surface area contributed by atoms with Crippen molar-refractivity contribution in [3.8, 4) is 46.0 Å². The van der Waals surface area contributed by atoms with E-state index >= 15 is 0 Å². The van der Waals surface area contributed by atoms with Crippen molar-refractivity contribution < 1.29 is 95.9 Å². The molecule has 0 saturated carbocycles. The summed E-state index contributed by atoms with van der Waals surface area (Å²) in [7, 11) is 0. The number of rotatable bonds is 16. The molecule has 1 aliphatic rings. The molecule has 0 saturated heterocycles. The maximum Gasteiger partial charge on any atom is 0.308 e. The maximum atomic E-state index is 13.9. The van der Waals surface area contributed by atoms with Gasteiger partial charge in [0.2, 0.25) is 0 Å². The van der Waals surface area contributed by atoms with E-state index in [9.17, 15) is 78.8 Å². The zero-order chi connectivity index (χ0) is 73.2. The number of carbonyl (C=O) groups excluding carboxylic acids is 8. The van der Waals surface area contributed by atoms with E-state index in [1.54, 1.807) is 0 Å². The number of nitro benzene ring substituents is 4. The Kier molecular flexibility index (Phi) is 20.6. The zero-order valence-electron chi connectivity index (χ0n) is 55.4. The van der Waals surface area contributed by atoms with Crippen LogP contribution in [0.3, 0.4) is 0 Å². The predicted molar refractivity (Wildman–Crippen MR) is 351 cm³/mol. The highest BCUT2D eigenvalue weighted by Crippen LogP contribution is 2.58. The molecule has 512 valence electrons. The lowest BCUT2D eigenvalue weighted by molar-refractivity contribution is -0.385. The van der Waals surface area contributed by atoms with Crippen molar-refractivity contribution >= 4 is 70.5 Å². The molecule has 0 aromatic heterocycles. The molecule has 28 heteroatoms. The number of nitro groups is 4. The van der Waals surface area contributed by atoms with Crippen LogP contribution in [0.5, 0.6) is 46.0 Å². The third kappa shape index (κ3) is 14.6. The molecule has 9 rings (SSSR count). The van der Waals surface area contributed by atoms with E-state index in [2.05, 4.69) is 0 Å².